The monoisotopic (exact) mass is 360 g/mol. The van der Waals surface area contributed by atoms with E-state index < -0.39 is 0 Å². The van der Waals surface area contributed by atoms with Crippen LogP contribution in [0.5, 0.6) is 0 Å². The molecular weight excluding hydrogens is 336 g/mol. The van der Waals surface area contributed by atoms with Crippen molar-refractivity contribution in [3.05, 3.63) is 35.2 Å². The molecule has 1 aliphatic rings. The second-order valence-corrected chi connectivity index (χ2v) is 7.48. The molecule has 1 saturated heterocycles. The summed E-state index contributed by atoms with van der Waals surface area (Å²) in [4.78, 5) is 16.8. The number of nitrogens with zero attached hydrogens (tertiary/aromatic N) is 2. The fraction of sp³-hybridized carbons (Fsp3) is 0.500. The molecule has 1 aromatic heterocycles. The van der Waals surface area contributed by atoms with Gasteiger partial charge >= 0.3 is 0 Å². The molecule has 1 unspecified atom stereocenters. The number of benzene rings is 1. The molecule has 2 heterocycles. The number of H-pyrrole nitrogens is 1. The Morgan fingerprint density at radius 3 is 3.04 bits per heavy atom. The van der Waals surface area contributed by atoms with Gasteiger partial charge in [0.1, 0.15) is 6.10 Å². The van der Waals surface area contributed by atoms with Crippen molar-refractivity contribution in [3.8, 4) is 0 Å². The van der Waals surface area contributed by atoms with Crippen LogP contribution in [0.15, 0.2) is 23.4 Å². The van der Waals surface area contributed by atoms with Gasteiger partial charge in [-0.25, -0.2) is 4.98 Å². The molecule has 0 spiro atoms. The third-order valence-electron chi connectivity index (χ3n) is 4.24. The van der Waals surface area contributed by atoms with Crippen LogP contribution >= 0.6 is 11.8 Å². The lowest BCUT2D eigenvalue weighted by Crippen LogP contribution is -2.16. The number of thioether (sulfide) groups is 1. The first-order valence-corrected chi connectivity index (χ1v) is 9.59. The summed E-state index contributed by atoms with van der Waals surface area (Å²) in [5.41, 5.74) is 3.14. The van der Waals surface area contributed by atoms with Gasteiger partial charge in [0.05, 0.1) is 5.75 Å². The Morgan fingerprint density at radius 1 is 1.48 bits per heavy atom. The molecule has 3 rings (SSSR count). The summed E-state index contributed by atoms with van der Waals surface area (Å²) in [6, 6.07) is 6.09. The standard InChI is InChI=1S/C18H24N4O2S/c1-11(2)13-7-4-6-12(3)16(13)19-15(23)10-25-18-20-17(21-22-18)14-8-5-9-24-14/h4,6-7,11,14H,5,8-10H2,1-3H3,(H,19,23)(H,20,21,22). The van der Waals surface area contributed by atoms with Gasteiger partial charge < -0.3 is 10.1 Å². The Morgan fingerprint density at radius 2 is 2.32 bits per heavy atom. The average Bonchev–Trinajstić information content (AvgIpc) is 3.25. The molecular formula is C18H24N4O2S. The first-order valence-electron chi connectivity index (χ1n) is 8.60. The van der Waals surface area contributed by atoms with Gasteiger partial charge in [-0.05, 0) is 36.8 Å². The third kappa shape index (κ3) is 4.41. The zero-order chi connectivity index (χ0) is 17.8. The number of carbonyl (C=O) groups excluding carboxylic acids is 1. The number of para-hydroxylation sites is 1. The Balaban J connectivity index is 1.58. The van der Waals surface area contributed by atoms with Gasteiger partial charge in [-0.3, -0.25) is 9.89 Å². The molecule has 2 N–H and O–H groups in total. The summed E-state index contributed by atoms with van der Waals surface area (Å²) in [6.45, 7) is 7.03. The van der Waals surface area contributed by atoms with Crippen molar-refractivity contribution in [2.45, 2.75) is 50.8 Å². The number of aromatic amines is 1. The SMILES string of the molecule is Cc1cccc(C(C)C)c1NC(=O)CSc1n[nH]c(C2CCCO2)n1. The van der Waals surface area contributed by atoms with Crippen LogP contribution in [0, 0.1) is 6.92 Å². The van der Waals surface area contributed by atoms with E-state index in [9.17, 15) is 4.79 Å². The Bertz CT molecular complexity index is 738. The fourth-order valence-electron chi connectivity index (χ4n) is 2.91. The first kappa shape index (κ1) is 17.9. The van der Waals surface area contributed by atoms with Gasteiger partial charge in [-0.2, -0.15) is 0 Å². The lowest BCUT2D eigenvalue weighted by molar-refractivity contribution is -0.113. The molecule has 1 atom stereocenters. The van der Waals surface area contributed by atoms with Gasteiger partial charge in [0, 0.05) is 12.3 Å². The van der Waals surface area contributed by atoms with Crippen molar-refractivity contribution in [1.29, 1.82) is 0 Å². The number of rotatable bonds is 6. The molecule has 0 radical (unpaired) electrons. The molecule has 1 aliphatic heterocycles. The van der Waals surface area contributed by atoms with E-state index in [1.165, 1.54) is 11.8 Å². The lowest BCUT2D eigenvalue weighted by Gasteiger charge is -2.16. The van der Waals surface area contributed by atoms with E-state index in [1.54, 1.807) is 0 Å². The highest BCUT2D eigenvalue weighted by atomic mass is 32.2. The molecule has 6 nitrogen and oxygen atoms in total. The zero-order valence-corrected chi connectivity index (χ0v) is 15.7. The zero-order valence-electron chi connectivity index (χ0n) is 14.8. The largest absolute Gasteiger partial charge is 0.370 e. The summed E-state index contributed by atoms with van der Waals surface area (Å²) in [6.07, 6.45) is 2.02. The number of hydrogen-bond acceptors (Lipinski definition) is 5. The van der Waals surface area contributed by atoms with Crippen LogP contribution in [-0.2, 0) is 9.53 Å². The number of anilines is 1. The van der Waals surface area contributed by atoms with Crippen LogP contribution in [-0.4, -0.2) is 33.4 Å². The topological polar surface area (TPSA) is 79.9 Å². The number of ether oxygens (including phenoxy) is 1. The Kier molecular flexibility index (Phi) is 5.75. The van der Waals surface area contributed by atoms with Crippen molar-refractivity contribution in [2.24, 2.45) is 0 Å². The maximum absolute atomic E-state index is 12.4. The van der Waals surface area contributed by atoms with Crippen molar-refractivity contribution in [2.75, 3.05) is 17.7 Å². The van der Waals surface area contributed by atoms with Crippen molar-refractivity contribution in [1.82, 2.24) is 15.2 Å². The number of hydrogen-bond donors (Lipinski definition) is 2. The number of nitrogens with one attached hydrogen (secondary N) is 2. The normalized spacial score (nSPS) is 17.2. The smallest absolute Gasteiger partial charge is 0.234 e. The number of aryl methyl sites for hydroxylation is 1. The highest BCUT2D eigenvalue weighted by Crippen LogP contribution is 2.29. The van der Waals surface area contributed by atoms with Crippen LogP contribution in [0.4, 0.5) is 5.69 Å². The summed E-state index contributed by atoms with van der Waals surface area (Å²) >= 11 is 1.33. The molecule has 7 heteroatoms. The van der Waals surface area contributed by atoms with Gasteiger partial charge in [-0.15, -0.1) is 5.10 Å². The van der Waals surface area contributed by atoms with E-state index in [0.29, 0.717) is 11.1 Å². The van der Waals surface area contributed by atoms with Gasteiger partial charge in [0.2, 0.25) is 11.1 Å². The first-order chi connectivity index (χ1) is 12.0. The highest BCUT2D eigenvalue weighted by molar-refractivity contribution is 7.99. The maximum Gasteiger partial charge on any atom is 0.234 e. The van der Waals surface area contributed by atoms with E-state index in [-0.39, 0.29) is 17.8 Å². The molecule has 1 amide bonds. The van der Waals surface area contributed by atoms with Crippen molar-refractivity contribution in [3.63, 3.8) is 0 Å². The van der Waals surface area contributed by atoms with Crippen LogP contribution < -0.4 is 5.32 Å². The number of carbonyl (C=O) groups is 1. The number of aromatic nitrogens is 3. The van der Waals surface area contributed by atoms with Gasteiger partial charge in [0.25, 0.3) is 0 Å². The Labute approximate surface area is 152 Å². The molecule has 2 aromatic rings. The van der Waals surface area contributed by atoms with Crippen LogP contribution in [0.25, 0.3) is 0 Å². The minimum absolute atomic E-state index is 0.0104. The van der Waals surface area contributed by atoms with Crippen LogP contribution in [0.3, 0.4) is 0 Å². The van der Waals surface area contributed by atoms with Crippen LogP contribution in [0.1, 0.15) is 55.7 Å². The van der Waals surface area contributed by atoms with Gasteiger partial charge in [0.15, 0.2) is 5.82 Å². The Hall–Kier alpha value is -1.86. The average molecular weight is 360 g/mol. The second kappa shape index (κ2) is 8.01. The summed E-state index contributed by atoms with van der Waals surface area (Å²) in [7, 11) is 0. The van der Waals surface area contributed by atoms with E-state index in [0.717, 1.165) is 42.1 Å². The minimum atomic E-state index is -0.0512. The van der Waals surface area contributed by atoms with Crippen molar-refractivity contribution < 1.29 is 9.53 Å². The van der Waals surface area contributed by atoms with Crippen molar-refractivity contribution >= 4 is 23.4 Å². The third-order valence-corrected chi connectivity index (χ3v) is 5.09. The van der Waals surface area contributed by atoms with E-state index >= 15 is 0 Å². The van der Waals surface area contributed by atoms with E-state index in [1.807, 2.05) is 19.1 Å². The second-order valence-electron chi connectivity index (χ2n) is 6.54. The quantitative estimate of drug-likeness (QED) is 0.766. The molecule has 134 valence electrons. The molecule has 0 saturated carbocycles. The maximum atomic E-state index is 12.4. The van der Waals surface area contributed by atoms with Gasteiger partial charge in [-0.1, -0.05) is 43.8 Å². The molecule has 1 fully saturated rings. The molecule has 1 aromatic carbocycles. The summed E-state index contributed by atoms with van der Waals surface area (Å²) in [5.74, 6) is 1.32. The molecule has 0 bridgehead atoms. The van der Waals surface area contributed by atoms with E-state index in [2.05, 4.69) is 40.4 Å². The molecule has 25 heavy (non-hydrogen) atoms. The predicted octanol–water partition coefficient (Wildman–Crippen LogP) is 3.82. The molecule has 0 aliphatic carbocycles. The predicted molar refractivity (Wildman–Crippen MR) is 98.9 cm³/mol. The summed E-state index contributed by atoms with van der Waals surface area (Å²) < 4.78 is 5.58. The fourth-order valence-corrected chi connectivity index (χ4v) is 3.51. The summed E-state index contributed by atoms with van der Waals surface area (Å²) in [5, 5.41) is 10.7. The number of amides is 1. The van der Waals surface area contributed by atoms with Crippen LogP contribution in [0.2, 0.25) is 0 Å². The van der Waals surface area contributed by atoms with E-state index in [4.69, 9.17) is 4.74 Å². The minimum Gasteiger partial charge on any atom is -0.370 e. The highest BCUT2D eigenvalue weighted by Gasteiger charge is 2.21. The lowest BCUT2D eigenvalue weighted by atomic mass is 9.98.